The van der Waals surface area contributed by atoms with Gasteiger partial charge in [0, 0.05) is 12.1 Å². The summed E-state index contributed by atoms with van der Waals surface area (Å²) in [5.41, 5.74) is 0.0790. The van der Waals surface area contributed by atoms with Crippen molar-refractivity contribution in [2.45, 2.75) is 32.2 Å². The maximum absolute atomic E-state index is 13.7. The molecule has 1 aromatic rings. The zero-order valence-electron chi connectivity index (χ0n) is 10.7. The Morgan fingerprint density at radius 2 is 2.22 bits per heavy atom. The molecule has 1 amide bonds. The van der Waals surface area contributed by atoms with Crippen molar-refractivity contribution in [1.29, 1.82) is 0 Å². The standard InChI is InChI=1S/C14H18FNO2/c1-9-3-4-10(7-9)16-14(17)12-6-5-11(18-2)8-13(12)15/h5-6,8-10H,3-4,7H2,1-2H3,(H,16,17). The lowest BCUT2D eigenvalue weighted by atomic mass is 10.1. The number of rotatable bonds is 3. The third kappa shape index (κ3) is 2.81. The molecular weight excluding hydrogens is 233 g/mol. The molecule has 0 aromatic heterocycles. The van der Waals surface area contributed by atoms with Gasteiger partial charge >= 0.3 is 0 Å². The molecule has 1 aliphatic rings. The normalized spacial score (nSPS) is 22.8. The molecule has 1 saturated carbocycles. The fourth-order valence-electron chi connectivity index (χ4n) is 2.41. The van der Waals surface area contributed by atoms with Gasteiger partial charge in [0.1, 0.15) is 11.6 Å². The molecule has 98 valence electrons. The number of hydrogen-bond acceptors (Lipinski definition) is 2. The summed E-state index contributed by atoms with van der Waals surface area (Å²) in [5.74, 6) is 0.168. The highest BCUT2D eigenvalue weighted by molar-refractivity contribution is 5.94. The minimum absolute atomic E-state index is 0.0790. The van der Waals surface area contributed by atoms with Crippen molar-refractivity contribution in [3.63, 3.8) is 0 Å². The summed E-state index contributed by atoms with van der Waals surface area (Å²) in [6.45, 7) is 2.17. The summed E-state index contributed by atoms with van der Waals surface area (Å²) in [4.78, 5) is 11.9. The Hall–Kier alpha value is -1.58. The maximum Gasteiger partial charge on any atom is 0.254 e. The van der Waals surface area contributed by atoms with E-state index in [0.717, 1.165) is 19.3 Å². The molecule has 3 nitrogen and oxygen atoms in total. The molecule has 18 heavy (non-hydrogen) atoms. The Morgan fingerprint density at radius 3 is 2.78 bits per heavy atom. The summed E-state index contributed by atoms with van der Waals surface area (Å²) in [7, 11) is 1.47. The molecule has 0 radical (unpaired) electrons. The van der Waals surface area contributed by atoms with E-state index < -0.39 is 5.82 Å². The fraction of sp³-hybridized carbons (Fsp3) is 0.500. The second-order valence-electron chi connectivity index (χ2n) is 4.93. The lowest BCUT2D eigenvalue weighted by Crippen LogP contribution is -2.33. The fourth-order valence-corrected chi connectivity index (χ4v) is 2.41. The predicted octanol–water partition coefficient (Wildman–Crippen LogP) is 2.75. The first-order chi connectivity index (χ1) is 8.60. The Labute approximate surface area is 106 Å². The highest BCUT2D eigenvalue weighted by atomic mass is 19.1. The SMILES string of the molecule is COc1ccc(C(=O)NC2CCC(C)C2)c(F)c1. The third-order valence-electron chi connectivity index (χ3n) is 3.45. The smallest absolute Gasteiger partial charge is 0.254 e. The third-order valence-corrected chi connectivity index (χ3v) is 3.45. The molecule has 1 aromatic carbocycles. The summed E-state index contributed by atoms with van der Waals surface area (Å²) in [6, 6.07) is 4.46. The monoisotopic (exact) mass is 251 g/mol. The number of amides is 1. The molecule has 0 heterocycles. The largest absolute Gasteiger partial charge is 0.497 e. The Bertz CT molecular complexity index is 447. The van der Waals surface area contributed by atoms with Crippen LogP contribution in [0.2, 0.25) is 0 Å². The van der Waals surface area contributed by atoms with Crippen LogP contribution < -0.4 is 10.1 Å². The average Bonchev–Trinajstić information content (AvgIpc) is 2.74. The van der Waals surface area contributed by atoms with E-state index in [9.17, 15) is 9.18 Å². The van der Waals surface area contributed by atoms with Gasteiger partial charge in [0.15, 0.2) is 0 Å². The summed E-state index contributed by atoms with van der Waals surface area (Å²) >= 11 is 0. The van der Waals surface area contributed by atoms with Crippen molar-refractivity contribution in [3.05, 3.63) is 29.6 Å². The van der Waals surface area contributed by atoms with Crippen LogP contribution in [0.25, 0.3) is 0 Å². The molecule has 0 bridgehead atoms. The second-order valence-corrected chi connectivity index (χ2v) is 4.93. The van der Waals surface area contributed by atoms with Gasteiger partial charge in [0.2, 0.25) is 0 Å². The van der Waals surface area contributed by atoms with Gasteiger partial charge in [-0.2, -0.15) is 0 Å². The van der Waals surface area contributed by atoms with Crippen LogP contribution in [-0.2, 0) is 0 Å². The lowest BCUT2D eigenvalue weighted by Gasteiger charge is -2.13. The number of hydrogen-bond donors (Lipinski definition) is 1. The molecule has 1 fully saturated rings. The second kappa shape index (κ2) is 5.38. The minimum atomic E-state index is -0.544. The van der Waals surface area contributed by atoms with Crippen LogP contribution in [0.4, 0.5) is 4.39 Å². The van der Waals surface area contributed by atoms with Gasteiger partial charge in [0.05, 0.1) is 12.7 Å². The topological polar surface area (TPSA) is 38.3 Å². The van der Waals surface area contributed by atoms with E-state index in [2.05, 4.69) is 12.2 Å². The van der Waals surface area contributed by atoms with Crippen molar-refractivity contribution in [2.24, 2.45) is 5.92 Å². The Balaban J connectivity index is 2.04. The molecule has 2 atom stereocenters. The Kier molecular flexibility index (Phi) is 3.84. The summed E-state index contributed by atoms with van der Waals surface area (Å²) in [6.07, 6.45) is 3.07. The van der Waals surface area contributed by atoms with Gasteiger partial charge in [-0.25, -0.2) is 4.39 Å². The van der Waals surface area contributed by atoms with Crippen molar-refractivity contribution < 1.29 is 13.9 Å². The number of halogens is 1. The molecule has 2 rings (SSSR count). The maximum atomic E-state index is 13.7. The number of benzene rings is 1. The van der Waals surface area contributed by atoms with Gasteiger partial charge < -0.3 is 10.1 Å². The van der Waals surface area contributed by atoms with Gasteiger partial charge in [-0.1, -0.05) is 6.92 Å². The number of carbonyl (C=O) groups is 1. The van der Waals surface area contributed by atoms with Crippen LogP contribution in [0, 0.1) is 11.7 Å². The first kappa shape index (κ1) is 12.9. The minimum Gasteiger partial charge on any atom is -0.497 e. The lowest BCUT2D eigenvalue weighted by molar-refractivity contribution is 0.0933. The molecule has 0 aliphatic heterocycles. The number of methoxy groups -OCH3 is 1. The van der Waals surface area contributed by atoms with Crippen LogP contribution in [0.3, 0.4) is 0 Å². The molecule has 0 saturated heterocycles. The molecule has 1 N–H and O–H groups in total. The summed E-state index contributed by atoms with van der Waals surface area (Å²) < 4.78 is 18.6. The van der Waals surface area contributed by atoms with Gasteiger partial charge in [-0.3, -0.25) is 4.79 Å². The highest BCUT2D eigenvalue weighted by Gasteiger charge is 2.24. The molecule has 1 aliphatic carbocycles. The van der Waals surface area contributed by atoms with E-state index >= 15 is 0 Å². The van der Waals surface area contributed by atoms with Crippen LogP contribution in [0.15, 0.2) is 18.2 Å². The zero-order valence-corrected chi connectivity index (χ0v) is 10.7. The van der Waals surface area contributed by atoms with Crippen molar-refractivity contribution >= 4 is 5.91 Å². The van der Waals surface area contributed by atoms with Crippen LogP contribution >= 0.6 is 0 Å². The van der Waals surface area contributed by atoms with Crippen molar-refractivity contribution in [2.75, 3.05) is 7.11 Å². The van der Waals surface area contributed by atoms with Crippen LogP contribution in [-0.4, -0.2) is 19.1 Å². The van der Waals surface area contributed by atoms with E-state index in [4.69, 9.17) is 4.74 Å². The number of nitrogens with one attached hydrogen (secondary N) is 1. The molecular formula is C14H18FNO2. The molecule has 0 spiro atoms. The first-order valence-corrected chi connectivity index (χ1v) is 6.24. The van der Waals surface area contributed by atoms with Crippen molar-refractivity contribution in [1.82, 2.24) is 5.32 Å². The van der Waals surface area contributed by atoms with E-state index in [1.54, 1.807) is 6.07 Å². The summed E-state index contributed by atoms with van der Waals surface area (Å²) in [5, 5.41) is 2.88. The van der Waals surface area contributed by atoms with Gasteiger partial charge in [-0.05, 0) is 37.3 Å². The molecule has 2 unspecified atom stereocenters. The van der Waals surface area contributed by atoms with Crippen LogP contribution in [0.1, 0.15) is 36.5 Å². The van der Waals surface area contributed by atoms with E-state index in [1.807, 2.05) is 0 Å². The van der Waals surface area contributed by atoms with Crippen molar-refractivity contribution in [3.8, 4) is 5.75 Å². The van der Waals surface area contributed by atoms with E-state index in [1.165, 1.54) is 19.2 Å². The van der Waals surface area contributed by atoms with E-state index in [-0.39, 0.29) is 17.5 Å². The van der Waals surface area contributed by atoms with Crippen LogP contribution in [0.5, 0.6) is 5.75 Å². The highest BCUT2D eigenvalue weighted by Crippen LogP contribution is 2.25. The first-order valence-electron chi connectivity index (χ1n) is 6.24. The Morgan fingerprint density at radius 1 is 1.44 bits per heavy atom. The average molecular weight is 251 g/mol. The number of carbonyl (C=O) groups excluding carboxylic acids is 1. The van der Waals surface area contributed by atoms with Gasteiger partial charge in [-0.15, -0.1) is 0 Å². The molecule has 4 heteroatoms. The quantitative estimate of drug-likeness (QED) is 0.897. The predicted molar refractivity (Wildman–Crippen MR) is 67.2 cm³/mol. The zero-order chi connectivity index (χ0) is 13.1. The van der Waals surface area contributed by atoms with E-state index in [0.29, 0.717) is 11.7 Å². The number of ether oxygens (including phenoxy) is 1. The van der Waals surface area contributed by atoms with Gasteiger partial charge in [0.25, 0.3) is 5.91 Å².